The number of nitrogens with two attached hydrogens (primary N) is 2. The molecule has 9 nitrogen and oxygen atoms in total. The van der Waals surface area contributed by atoms with Crippen molar-refractivity contribution in [1.82, 2.24) is 0 Å². The van der Waals surface area contributed by atoms with Crippen molar-refractivity contribution in [3.05, 3.63) is 0 Å². The van der Waals surface area contributed by atoms with Gasteiger partial charge in [0.05, 0.1) is 6.61 Å². The van der Waals surface area contributed by atoms with Crippen molar-refractivity contribution >= 4 is 12.3 Å². The summed E-state index contributed by atoms with van der Waals surface area (Å²) in [5, 5.41) is 36.9. The highest BCUT2D eigenvalue weighted by atomic mass is 16.6. The first-order valence-electron chi connectivity index (χ1n) is 6.65. The minimum absolute atomic E-state index is 0.114. The summed E-state index contributed by atoms with van der Waals surface area (Å²) in [4.78, 5) is 22.5. The van der Waals surface area contributed by atoms with Gasteiger partial charge in [0.2, 0.25) is 0 Å². The van der Waals surface area contributed by atoms with Crippen LogP contribution >= 0.6 is 0 Å². The molecule has 0 heterocycles. The standard InChI is InChI=1S/C12H24N2O7/c13-4-2-1-3-7(14)12(20)21-9(6-16)11(19)10(18)8(17)5-15/h6-11,15,17-19H,1-5,13-14H2/t7-,8+,9-,10-,11+/m0/s1. The minimum atomic E-state index is -1.87. The Morgan fingerprint density at radius 2 is 1.81 bits per heavy atom. The van der Waals surface area contributed by atoms with Crippen molar-refractivity contribution in [1.29, 1.82) is 0 Å². The van der Waals surface area contributed by atoms with Crippen LogP contribution in [0, 0.1) is 0 Å². The fourth-order valence-corrected chi connectivity index (χ4v) is 1.56. The van der Waals surface area contributed by atoms with Gasteiger partial charge in [-0.25, -0.2) is 0 Å². The second kappa shape index (κ2) is 10.6. The first-order valence-corrected chi connectivity index (χ1v) is 6.65. The highest BCUT2D eigenvalue weighted by molar-refractivity contribution is 5.77. The summed E-state index contributed by atoms with van der Waals surface area (Å²) in [5.74, 6) is -0.908. The van der Waals surface area contributed by atoms with E-state index >= 15 is 0 Å². The lowest BCUT2D eigenvalue weighted by Gasteiger charge is -2.26. The van der Waals surface area contributed by atoms with Crippen LogP contribution in [0.15, 0.2) is 0 Å². The number of hydrogen-bond donors (Lipinski definition) is 6. The van der Waals surface area contributed by atoms with Crippen molar-refractivity contribution in [2.45, 2.75) is 49.7 Å². The van der Waals surface area contributed by atoms with Gasteiger partial charge in [0.1, 0.15) is 24.4 Å². The smallest absolute Gasteiger partial charge is 0.323 e. The van der Waals surface area contributed by atoms with Crippen molar-refractivity contribution in [2.24, 2.45) is 11.5 Å². The molecule has 0 saturated carbocycles. The third-order valence-corrected chi connectivity index (χ3v) is 2.93. The molecule has 0 unspecified atom stereocenters. The number of aliphatic hydroxyl groups excluding tert-OH is 4. The van der Waals surface area contributed by atoms with E-state index < -0.39 is 43.0 Å². The molecule has 0 aliphatic rings. The van der Waals surface area contributed by atoms with E-state index in [1.54, 1.807) is 0 Å². The Morgan fingerprint density at radius 1 is 1.19 bits per heavy atom. The Kier molecular flexibility index (Phi) is 10.0. The molecule has 0 radical (unpaired) electrons. The summed E-state index contributed by atoms with van der Waals surface area (Å²) in [6, 6.07) is -0.980. The molecule has 0 aromatic heterocycles. The fraction of sp³-hybridized carbons (Fsp3) is 0.833. The molecule has 0 bridgehead atoms. The van der Waals surface area contributed by atoms with Crippen LogP contribution in [0.5, 0.6) is 0 Å². The molecule has 0 aliphatic heterocycles. The van der Waals surface area contributed by atoms with Crippen molar-refractivity contribution < 1.29 is 34.8 Å². The van der Waals surface area contributed by atoms with Gasteiger partial charge in [-0.15, -0.1) is 0 Å². The SMILES string of the molecule is NCCCC[C@H](N)C(=O)O[C@@H](C=O)[C@@H](O)[C@@H](O)[C@H](O)CO. The summed E-state index contributed by atoms with van der Waals surface area (Å²) in [6.07, 6.45) is -5.36. The third-order valence-electron chi connectivity index (χ3n) is 2.93. The van der Waals surface area contributed by atoms with Crippen LogP contribution in [0.25, 0.3) is 0 Å². The molecule has 0 aromatic rings. The van der Waals surface area contributed by atoms with E-state index in [2.05, 4.69) is 0 Å². The molecule has 124 valence electrons. The third kappa shape index (κ3) is 6.93. The molecular formula is C12H24N2O7. The Balaban J connectivity index is 4.47. The molecule has 0 fully saturated rings. The maximum atomic E-state index is 11.6. The first kappa shape index (κ1) is 19.9. The topological polar surface area (TPSA) is 176 Å². The normalized spacial score (nSPS) is 18.4. The molecule has 0 saturated heterocycles. The Bertz CT molecular complexity index is 316. The zero-order chi connectivity index (χ0) is 16.4. The fourth-order valence-electron chi connectivity index (χ4n) is 1.56. The Hall–Kier alpha value is -1.10. The van der Waals surface area contributed by atoms with Gasteiger partial charge < -0.3 is 36.6 Å². The Morgan fingerprint density at radius 3 is 2.29 bits per heavy atom. The van der Waals surface area contributed by atoms with Gasteiger partial charge in [-0.1, -0.05) is 6.42 Å². The number of rotatable bonds is 11. The van der Waals surface area contributed by atoms with Crippen LogP contribution < -0.4 is 11.5 Å². The van der Waals surface area contributed by atoms with Crippen LogP contribution in [-0.4, -0.2) is 76.3 Å². The van der Waals surface area contributed by atoms with Crippen molar-refractivity contribution in [2.75, 3.05) is 13.2 Å². The van der Waals surface area contributed by atoms with Gasteiger partial charge in [0, 0.05) is 0 Å². The lowest BCUT2D eigenvalue weighted by Crippen LogP contribution is -2.49. The number of hydrogen-bond acceptors (Lipinski definition) is 9. The van der Waals surface area contributed by atoms with Gasteiger partial charge in [-0.2, -0.15) is 0 Å². The number of aldehydes is 1. The van der Waals surface area contributed by atoms with Crippen LogP contribution in [0.4, 0.5) is 0 Å². The largest absolute Gasteiger partial charge is 0.451 e. The average molecular weight is 308 g/mol. The van der Waals surface area contributed by atoms with E-state index in [4.69, 9.17) is 21.3 Å². The maximum Gasteiger partial charge on any atom is 0.323 e. The second-order valence-corrected chi connectivity index (χ2v) is 4.66. The molecule has 9 heteroatoms. The Labute approximate surface area is 122 Å². The highest BCUT2D eigenvalue weighted by Crippen LogP contribution is 2.09. The van der Waals surface area contributed by atoms with Crippen LogP contribution in [0.1, 0.15) is 19.3 Å². The van der Waals surface area contributed by atoms with Gasteiger partial charge in [-0.3, -0.25) is 9.59 Å². The van der Waals surface area contributed by atoms with E-state index in [1.165, 1.54) is 0 Å². The molecule has 21 heavy (non-hydrogen) atoms. The summed E-state index contributed by atoms with van der Waals surface area (Å²) in [7, 11) is 0. The molecule has 8 N–H and O–H groups in total. The number of carbonyl (C=O) groups excluding carboxylic acids is 2. The average Bonchev–Trinajstić information content (AvgIpc) is 2.49. The number of carbonyl (C=O) groups is 2. The lowest BCUT2D eigenvalue weighted by molar-refractivity contribution is -0.169. The van der Waals surface area contributed by atoms with E-state index in [-0.39, 0.29) is 6.29 Å². The monoisotopic (exact) mass is 308 g/mol. The van der Waals surface area contributed by atoms with Crippen LogP contribution in [-0.2, 0) is 14.3 Å². The molecule has 0 spiro atoms. The van der Waals surface area contributed by atoms with Gasteiger partial charge in [0.25, 0.3) is 0 Å². The molecule has 0 aromatic carbocycles. The van der Waals surface area contributed by atoms with E-state index in [0.29, 0.717) is 25.8 Å². The van der Waals surface area contributed by atoms with Crippen LogP contribution in [0.3, 0.4) is 0 Å². The molecule has 0 aliphatic carbocycles. The molecular weight excluding hydrogens is 284 g/mol. The quantitative estimate of drug-likeness (QED) is 0.129. The van der Waals surface area contributed by atoms with Gasteiger partial charge >= 0.3 is 5.97 Å². The van der Waals surface area contributed by atoms with Gasteiger partial charge in [0.15, 0.2) is 12.4 Å². The number of aliphatic hydroxyl groups is 4. The lowest BCUT2D eigenvalue weighted by atomic mass is 10.0. The number of ether oxygens (including phenoxy) is 1. The first-order chi connectivity index (χ1) is 9.88. The zero-order valence-corrected chi connectivity index (χ0v) is 11.7. The molecule has 5 atom stereocenters. The predicted molar refractivity (Wildman–Crippen MR) is 71.9 cm³/mol. The van der Waals surface area contributed by atoms with E-state index in [0.717, 1.165) is 0 Å². The maximum absolute atomic E-state index is 11.6. The van der Waals surface area contributed by atoms with E-state index in [9.17, 15) is 24.9 Å². The summed E-state index contributed by atoms with van der Waals surface area (Å²) in [5.41, 5.74) is 10.9. The summed E-state index contributed by atoms with van der Waals surface area (Å²) in [6.45, 7) is -0.362. The molecule has 0 amide bonds. The van der Waals surface area contributed by atoms with E-state index in [1.807, 2.05) is 0 Å². The number of esters is 1. The second-order valence-electron chi connectivity index (χ2n) is 4.66. The van der Waals surface area contributed by atoms with Crippen LogP contribution in [0.2, 0.25) is 0 Å². The van der Waals surface area contributed by atoms with Gasteiger partial charge in [-0.05, 0) is 19.4 Å². The van der Waals surface area contributed by atoms with Crippen molar-refractivity contribution in [3.63, 3.8) is 0 Å². The summed E-state index contributed by atoms with van der Waals surface area (Å²) >= 11 is 0. The highest BCUT2D eigenvalue weighted by Gasteiger charge is 2.34. The number of unbranched alkanes of at least 4 members (excludes halogenated alkanes) is 1. The van der Waals surface area contributed by atoms with Crippen molar-refractivity contribution in [3.8, 4) is 0 Å². The summed E-state index contributed by atoms with van der Waals surface area (Å²) < 4.78 is 4.70. The minimum Gasteiger partial charge on any atom is -0.451 e. The molecule has 0 rings (SSSR count). The zero-order valence-electron chi connectivity index (χ0n) is 11.7. The predicted octanol–water partition coefficient (Wildman–Crippen LogP) is -3.37.